The van der Waals surface area contributed by atoms with Crippen LogP contribution in [0.4, 0.5) is 0 Å². The van der Waals surface area contributed by atoms with Gasteiger partial charge < -0.3 is 10.0 Å². The molecule has 94 valence electrons. The number of aromatic nitrogens is 1. The number of pyridine rings is 1. The van der Waals surface area contributed by atoms with Crippen LogP contribution in [0, 0.1) is 0 Å². The van der Waals surface area contributed by atoms with Gasteiger partial charge in [-0.15, -0.1) is 6.58 Å². The first-order chi connectivity index (χ1) is 8.63. The second-order valence-electron chi connectivity index (χ2n) is 3.52. The first-order valence-corrected chi connectivity index (χ1v) is 5.33. The average Bonchev–Trinajstić information content (AvgIpc) is 2.36. The third-order valence-electron chi connectivity index (χ3n) is 2.09. The van der Waals surface area contributed by atoms with Crippen molar-refractivity contribution in [2.45, 2.75) is 0 Å². The predicted octanol–water partition coefficient (Wildman–Crippen LogP) is 1.19. The Morgan fingerprint density at radius 1 is 1.50 bits per heavy atom. The van der Waals surface area contributed by atoms with E-state index in [9.17, 15) is 9.59 Å². The Labute approximate surface area is 105 Å². The molecule has 1 aromatic heterocycles. The molecule has 0 aliphatic carbocycles. The van der Waals surface area contributed by atoms with Crippen LogP contribution in [-0.4, -0.2) is 40.0 Å². The second kappa shape index (κ2) is 7.01. The van der Waals surface area contributed by atoms with Crippen molar-refractivity contribution in [2.24, 2.45) is 0 Å². The average molecular weight is 246 g/mol. The summed E-state index contributed by atoms with van der Waals surface area (Å²) in [6.45, 7) is 3.34. The van der Waals surface area contributed by atoms with Gasteiger partial charge in [0.15, 0.2) is 0 Å². The van der Waals surface area contributed by atoms with Gasteiger partial charge in [0.05, 0.1) is 0 Å². The Morgan fingerprint density at radius 2 is 2.28 bits per heavy atom. The van der Waals surface area contributed by atoms with E-state index < -0.39 is 5.97 Å². The molecule has 18 heavy (non-hydrogen) atoms. The second-order valence-corrected chi connectivity index (χ2v) is 3.52. The molecule has 0 atom stereocenters. The monoisotopic (exact) mass is 246 g/mol. The quantitative estimate of drug-likeness (QED) is 0.604. The molecule has 0 saturated carbocycles. The van der Waals surface area contributed by atoms with E-state index in [2.05, 4.69) is 11.6 Å². The van der Waals surface area contributed by atoms with Gasteiger partial charge in [-0.05, 0) is 17.7 Å². The highest BCUT2D eigenvalue weighted by molar-refractivity contribution is 5.93. The number of nitrogens with zero attached hydrogens (tertiary/aromatic N) is 2. The summed E-state index contributed by atoms with van der Waals surface area (Å²) in [5, 5.41) is 8.68. The van der Waals surface area contributed by atoms with E-state index in [0.29, 0.717) is 0 Å². The molecule has 0 radical (unpaired) electrons. The van der Waals surface area contributed by atoms with Crippen LogP contribution in [0.15, 0.2) is 43.3 Å². The van der Waals surface area contributed by atoms with Crippen molar-refractivity contribution in [2.75, 3.05) is 13.1 Å². The van der Waals surface area contributed by atoms with Gasteiger partial charge in [-0.25, -0.2) is 0 Å². The van der Waals surface area contributed by atoms with Crippen LogP contribution in [0.1, 0.15) is 5.56 Å². The highest BCUT2D eigenvalue weighted by Gasteiger charge is 2.12. The fourth-order valence-corrected chi connectivity index (χ4v) is 1.30. The van der Waals surface area contributed by atoms with Crippen LogP contribution in [0.2, 0.25) is 0 Å². The zero-order valence-electron chi connectivity index (χ0n) is 9.82. The van der Waals surface area contributed by atoms with Gasteiger partial charge in [-0.1, -0.05) is 12.1 Å². The van der Waals surface area contributed by atoms with Crippen LogP contribution < -0.4 is 0 Å². The zero-order valence-corrected chi connectivity index (χ0v) is 9.82. The lowest BCUT2D eigenvalue weighted by Gasteiger charge is -2.16. The summed E-state index contributed by atoms with van der Waals surface area (Å²) < 4.78 is 0. The molecule has 0 aromatic carbocycles. The number of carbonyl (C=O) groups is 2. The standard InChI is InChI=1S/C13H14N2O3/c1-2-8-15(10-13(17)18)12(16)6-5-11-4-3-7-14-9-11/h2-7,9H,1,8,10H2,(H,17,18). The lowest BCUT2D eigenvalue weighted by molar-refractivity contribution is -0.142. The highest BCUT2D eigenvalue weighted by atomic mass is 16.4. The number of amides is 1. The van der Waals surface area contributed by atoms with Gasteiger partial charge in [-0.3, -0.25) is 14.6 Å². The van der Waals surface area contributed by atoms with Crippen molar-refractivity contribution in [3.63, 3.8) is 0 Å². The summed E-state index contributed by atoms with van der Waals surface area (Å²) in [5.41, 5.74) is 0.778. The smallest absolute Gasteiger partial charge is 0.323 e. The summed E-state index contributed by atoms with van der Waals surface area (Å²) in [5.74, 6) is -1.43. The Kier molecular flexibility index (Phi) is 5.31. The number of carboxylic acids is 1. The minimum atomic E-state index is -1.06. The lowest BCUT2D eigenvalue weighted by Crippen LogP contribution is -2.34. The summed E-state index contributed by atoms with van der Waals surface area (Å²) in [6.07, 6.45) is 7.64. The van der Waals surface area contributed by atoms with E-state index in [4.69, 9.17) is 5.11 Å². The van der Waals surface area contributed by atoms with Gasteiger partial charge in [0.2, 0.25) is 5.91 Å². The molecular weight excluding hydrogens is 232 g/mol. The van der Waals surface area contributed by atoms with Gasteiger partial charge in [0, 0.05) is 25.0 Å². The van der Waals surface area contributed by atoms with Crippen LogP contribution in [-0.2, 0) is 9.59 Å². The maximum Gasteiger partial charge on any atom is 0.323 e. The fraction of sp³-hybridized carbons (Fsp3) is 0.154. The molecule has 0 spiro atoms. The van der Waals surface area contributed by atoms with Gasteiger partial charge in [0.25, 0.3) is 0 Å². The Hall–Kier alpha value is -2.43. The van der Waals surface area contributed by atoms with Crippen molar-refractivity contribution in [3.8, 4) is 0 Å². The van der Waals surface area contributed by atoms with E-state index >= 15 is 0 Å². The molecule has 1 amide bonds. The van der Waals surface area contributed by atoms with Crippen LogP contribution in [0.3, 0.4) is 0 Å². The molecule has 5 nitrogen and oxygen atoms in total. The van der Waals surface area contributed by atoms with Crippen molar-refractivity contribution in [1.82, 2.24) is 9.88 Å². The van der Waals surface area contributed by atoms with Crippen molar-refractivity contribution in [3.05, 3.63) is 48.8 Å². The Balaban J connectivity index is 2.69. The minimum Gasteiger partial charge on any atom is -0.480 e. The molecule has 1 rings (SSSR count). The molecule has 0 aliphatic heterocycles. The predicted molar refractivity (Wildman–Crippen MR) is 67.7 cm³/mol. The van der Waals surface area contributed by atoms with E-state index in [1.54, 1.807) is 30.6 Å². The number of carbonyl (C=O) groups excluding carboxylic acids is 1. The summed E-state index contributed by atoms with van der Waals surface area (Å²) in [4.78, 5) is 27.4. The molecule has 0 unspecified atom stereocenters. The maximum atomic E-state index is 11.7. The van der Waals surface area contributed by atoms with Crippen LogP contribution in [0.25, 0.3) is 6.08 Å². The summed E-state index contributed by atoms with van der Waals surface area (Å²) >= 11 is 0. The van der Waals surface area contributed by atoms with E-state index in [1.165, 1.54) is 17.1 Å². The molecule has 1 N–H and O–H groups in total. The van der Waals surface area contributed by atoms with Crippen molar-refractivity contribution >= 4 is 18.0 Å². The largest absolute Gasteiger partial charge is 0.480 e. The zero-order chi connectivity index (χ0) is 13.4. The molecule has 5 heteroatoms. The molecule has 0 saturated heterocycles. The van der Waals surface area contributed by atoms with Crippen molar-refractivity contribution in [1.29, 1.82) is 0 Å². The number of hydrogen-bond donors (Lipinski definition) is 1. The molecule has 1 heterocycles. The number of carboxylic acid groups (broad SMARTS) is 1. The van der Waals surface area contributed by atoms with Gasteiger partial charge in [-0.2, -0.15) is 0 Å². The molecule has 0 bridgehead atoms. The molecule has 0 fully saturated rings. The van der Waals surface area contributed by atoms with Gasteiger partial charge >= 0.3 is 5.97 Å². The summed E-state index contributed by atoms with van der Waals surface area (Å²) in [6, 6.07) is 3.55. The first kappa shape index (κ1) is 13.6. The minimum absolute atomic E-state index is 0.197. The molecule has 0 aliphatic rings. The summed E-state index contributed by atoms with van der Waals surface area (Å²) in [7, 11) is 0. The maximum absolute atomic E-state index is 11.7. The Bertz CT molecular complexity index is 455. The topological polar surface area (TPSA) is 70.5 Å². The normalized spacial score (nSPS) is 10.2. The SMILES string of the molecule is C=CCN(CC(=O)O)C(=O)C=Cc1cccnc1. The van der Waals surface area contributed by atoms with Gasteiger partial charge in [0.1, 0.15) is 6.54 Å². The fourth-order valence-electron chi connectivity index (χ4n) is 1.30. The van der Waals surface area contributed by atoms with Crippen LogP contribution in [0.5, 0.6) is 0 Å². The van der Waals surface area contributed by atoms with E-state index in [-0.39, 0.29) is 19.0 Å². The number of aliphatic carboxylic acids is 1. The van der Waals surface area contributed by atoms with E-state index in [0.717, 1.165) is 5.56 Å². The first-order valence-electron chi connectivity index (χ1n) is 5.33. The lowest BCUT2D eigenvalue weighted by atomic mass is 10.2. The highest BCUT2D eigenvalue weighted by Crippen LogP contribution is 2.00. The number of hydrogen-bond acceptors (Lipinski definition) is 3. The third-order valence-corrected chi connectivity index (χ3v) is 2.09. The third kappa shape index (κ3) is 4.61. The molecule has 1 aromatic rings. The Morgan fingerprint density at radius 3 is 2.83 bits per heavy atom. The van der Waals surface area contributed by atoms with Crippen molar-refractivity contribution < 1.29 is 14.7 Å². The van der Waals surface area contributed by atoms with Crippen LogP contribution >= 0.6 is 0 Å². The van der Waals surface area contributed by atoms with E-state index in [1.807, 2.05) is 0 Å². The molecular formula is C13H14N2O3. The number of rotatable bonds is 6.